The van der Waals surface area contributed by atoms with Gasteiger partial charge in [0.2, 0.25) is 5.89 Å². The van der Waals surface area contributed by atoms with Crippen LogP contribution in [0.1, 0.15) is 48.5 Å². The number of hydrogen-bond acceptors (Lipinski definition) is 7. The fourth-order valence-corrected chi connectivity index (χ4v) is 2.70. The van der Waals surface area contributed by atoms with Crippen LogP contribution in [0.3, 0.4) is 0 Å². The summed E-state index contributed by atoms with van der Waals surface area (Å²) < 4.78 is 5.57. The van der Waals surface area contributed by atoms with Crippen LogP contribution in [0.25, 0.3) is 0 Å². The zero-order valence-electron chi connectivity index (χ0n) is 11.7. The molecule has 7 heteroatoms. The molecule has 1 aliphatic rings. The summed E-state index contributed by atoms with van der Waals surface area (Å²) in [5.41, 5.74) is 0. The lowest BCUT2D eigenvalue weighted by atomic mass is 10.4. The highest BCUT2D eigenvalue weighted by atomic mass is 32.1. The lowest BCUT2D eigenvalue weighted by Gasteiger charge is -2.07. The van der Waals surface area contributed by atoms with E-state index in [0.29, 0.717) is 24.5 Å². The molecule has 1 atom stereocenters. The maximum absolute atomic E-state index is 5.57. The first-order valence-electron chi connectivity index (χ1n) is 7.01. The maximum Gasteiger partial charge on any atom is 0.316 e. The predicted molar refractivity (Wildman–Crippen MR) is 77.7 cm³/mol. The van der Waals surface area contributed by atoms with E-state index in [1.807, 2.05) is 13.1 Å². The molecule has 1 unspecified atom stereocenters. The van der Waals surface area contributed by atoms with Gasteiger partial charge in [-0.25, -0.2) is 4.98 Å². The summed E-state index contributed by atoms with van der Waals surface area (Å²) in [6.07, 6.45) is 5.44. The average Bonchev–Trinajstić information content (AvgIpc) is 2.98. The molecular formula is C13H19N5OS. The second kappa shape index (κ2) is 5.88. The lowest BCUT2D eigenvalue weighted by molar-refractivity contribution is 0.473. The summed E-state index contributed by atoms with van der Waals surface area (Å²) in [6, 6.07) is 1.17. The van der Waals surface area contributed by atoms with Gasteiger partial charge < -0.3 is 15.1 Å². The Bertz CT molecular complexity index is 563. The molecule has 108 valence electrons. The van der Waals surface area contributed by atoms with Gasteiger partial charge in [-0.2, -0.15) is 0 Å². The van der Waals surface area contributed by atoms with E-state index in [9.17, 15) is 0 Å². The molecule has 1 fully saturated rings. The molecule has 0 amide bonds. The van der Waals surface area contributed by atoms with Gasteiger partial charge in [0.05, 0.1) is 12.6 Å². The molecule has 0 saturated heterocycles. The fraction of sp³-hybridized carbons (Fsp3) is 0.615. The van der Waals surface area contributed by atoms with Crippen molar-refractivity contribution >= 4 is 17.4 Å². The Morgan fingerprint density at radius 1 is 1.45 bits per heavy atom. The molecule has 0 radical (unpaired) electrons. The van der Waals surface area contributed by atoms with Crippen molar-refractivity contribution in [3.63, 3.8) is 0 Å². The number of nitrogens with one attached hydrogen (secondary N) is 2. The van der Waals surface area contributed by atoms with Gasteiger partial charge in [0.25, 0.3) is 0 Å². The van der Waals surface area contributed by atoms with Crippen molar-refractivity contribution in [3.8, 4) is 0 Å². The van der Waals surface area contributed by atoms with Gasteiger partial charge in [0.15, 0.2) is 0 Å². The van der Waals surface area contributed by atoms with Crippen molar-refractivity contribution in [2.75, 3.05) is 5.32 Å². The molecule has 20 heavy (non-hydrogen) atoms. The van der Waals surface area contributed by atoms with Gasteiger partial charge in [0.1, 0.15) is 5.01 Å². The van der Waals surface area contributed by atoms with E-state index in [0.717, 1.165) is 11.4 Å². The monoisotopic (exact) mass is 293 g/mol. The van der Waals surface area contributed by atoms with E-state index in [2.05, 4.69) is 32.7 Å². The summed E-state index contributed by atoms with van der Waals surface area (Å²) >= 11 is 1.71. The molecule has 0 aromatic carbocycles. The van der Waals surface area contributed by atoms with Crippen LogP contribution in [0.2, 0.25) is 0 Å². The Balaban J connectivity index is 1.55. The number of aromatic nitrogens is 3. The van der Waals surface area contributed by atoms with E-state index < -0.39 is 0 Å². The Morgan fingerprint density at radius 2 is 2.30 bits per heavy atom. The molecule has 6 nitrogen and oxygen atoms in total. The molecule has 2 N–H and O–H groups in total. The van der Waals surface area contributed by atoms with E-state index in [4.69, 9.17) is 4.42 Å². The van der Waals surface area contributed by atoms with Crippen LogP contribution in [0, 0.1) is 0 Å². The van der Waals surface area contributed by atoms with Gasteiger partial charge in [-0.15, -0.1) is 16.4 Å². The van der Waals surface area contributed by atoms with Crippen molar-refractivity contribution in [3.05, 3.63) is 22.0 Å². The third-order valence-electron chi connectivity index (χ3n) is 3.22. The fourth-order valence-electron chi connectivity index (χ4n) is 1.84. The zero-order chi connectivity index (χ0) is 13.9. The van der Waals surface area contributed by atoms with E-state index in [1.165, 1.54) is 17.7 Å². The summed E-state index contributed by atoms with van der Waals surface area (Å²) in [5, 5.41) is 15.6. The highest BCUT2D eigenvalue weighted by molar-refractivity contribution is 7.11. The van der Waals surface area contributed by atoms with Crippen LogP contribution in [0.15, 0.2) is 10.6 Å². The highest BCUT2D eigenvalue weighted by Crippen LogP contribution is 2.24. The first-order chi connectivity index (χ1) is 9.74. The predicted octanol–water partition coefficient (Wildman–Crippen LogP) is 2.51. The van der Waals surface area contributed by atoms with Crippen molar-refractivity contribution in [1.29, 1.82) is 0 Å². The molecule has 2 aromatic heterocycles. The summed E-state index contributed by atoms with van der Waals surface area (Å²) in [7, 11) is 0. The Hall–Kier alpha value is -1.47. The van der Waals surface area contributed by atoms with Crippen molar-refractivity contribution < 1.29 is 4.42 Å². The number of hydrogen-bond donors (Lipinski definition) is 2. The molecule has 1 saturated carbocycles. The zero-order valence-corrected chi connectivity index (χ0v) is 12.5. The second-order valence-electron chi connectivity index (χ2n) is 5.04. The van der Waals surface area contributed by atoms with Crippen molar-refractivity contribution in [2.24, 2.45) is 0 Å². The summed E-state index contributed by atoms with van der Waals surface area (Å²) in [5.74, 6) is 0.625. The van der Waals surface area contributed by atoms with Crippen LogP contribution >= 0.6 is 11.3 Å². The third kappa shape index (κ3) is 3.34. The van der Waals surface area contributed by atoms with Gasteiger partial charge >= 0.3 is 6.01 Å². The number of anilines is 1. The quantitative estimate of drug-likeness (QED) is 0.817. The summed E-state index contributed by atoms with van der Waals surface area (Å²) in [4.78, 5) is 5.70. The van der Waals surface area contributed by atoms with Crippen LogP contribution in [0.5, 0.6) is 0 Å². The number of rotatable bonds is 7. The smallest absolute Gasteiger partial charge is 0.316 e. The van der Waals surface area contributed by atoms with Crippen LogP contribution in [0.4, 0.5) is 6.01 Å². The van der Waals surface area contributed by atoms with E-state index in [1.54, 1.807) is 11.3 Å². The Kier molecular flexibility index (Phi) is 3.98. The van der Waals surface area contributed by atoms with E-state index >= 15 is 0 Å². The minimum atomic E-state index is 0.0741. The summed E-state index contributed by atoms with van der Waals surface area (Å²) in [6.45, 7) is 4.82. The minimum absolute atomic E-state index is 0.0741. The number of nitrogens with zero attached hydrogens (tertiary/aromatic N) is 3. The van der Waals surface area contributed by atoms with Gasteiger partial charge in [-0.1, -0.05) is 12.0 Å². The SMILES string of the molecule is CCc1cnc(C(C)Nc2nnc(CNC3CC3)o2)s1. The third-order valence-corrected chi connectivity index (χ3v) is 4.54. The number of aryl methyl sites for hydroxylation is 1. The molecule has 2 heterocycles. The van der Waals surface area contributed by atoms with Crippen molar-refractivity contribution in [1.82, 2.24) is 20.5 Å². The van der Waals surface area contributed by atoms with Crippen LogP contribution < -0.4 is 10.6 Å². The van der Waals surface area contributed by atoms with Gasteiger partial charge in [-0.05, 0) is 26.2 Å². The number of thiazole rings is 1. The second-order valence-corrected chi connectivity index (χ2v) is 6.19. The maximum atomic E-state index is 5.57. The van der Waals surface area contributed by atoms with Gasteiger partial charge in [0, 0.05) is 17.1 Å². The van der Waals surface area contributed by atoms with Crippen molar-refractivity contribution in [2.45, 2.75) is 51.7 Å². The van der Waals surface area contributed by atoms with E-state index in [-0.39, 0.29) is 6.04 Å². The normalized spacial score (nSPS) is 16.3. The topological polar surface area (TPSA) is 75.9 Å². The molecule has 3 rings (SSSR count). The molecule has 0 spiro atoms. The molecule has 0 bridgehead atoms. The Morgan fingerprint density at radius 3 is 3.00 bits per heavy atom. The minimum Gasteiger partial charge on any atom is -0.407 e. The first kappa shape index (κ1) is 13.5. The molecule has 1 aliphatic carbocycles. The largest absolute Gasteiger partial charge is 0.407 e. The lowest BCUT2D eigenvalue weighted by Crippen LogP contribution is -2.15. The Labute approximate surface area is 122 Å². The molecular weight excluding hydrogens is 274 g/mol. The van der Waals surface area contributed by atoms with Crippen LogP contribution in [-0.4, -0.2) is 21.2 Å². The molecule has 0 aliphatic heterocycles. The van der Waals surface area contributed by atoms with Crippen LogP contribution in [-0.2, 0) is 13.0 Å². The standard InChI is InChI=1S/C13H19N5OS/c1-3-10-6-15-12(20-10)8(2)16-13-18-17-11(19-13)7-14-9-4-5-9/h6,8-9,14H,3-5,7H2,1-2H3,(H,16,18). The highest BCUT2D eigenvalue weighted by Gasteiger charge is 2.21. The van der Waals surface area contributed by atoms with Gasteiger partial charge in [-0.3, -0.25) is 0 Å². The molecule has 2 aromatic rings. The first-order valence-corrected chi connectivity index (χ1v) is 7.83. The average molecular weight is 293 g/mol.